The number of carbonyl (C=O) groups is 3. The van der Waals surface area contributed by atoms with Crippen molar-refractivity contribution >= 4 is 35.0 Å². The molecule has 0 saturated carbocycles. The number of hydrogen-bond donors (Lipinski definition) is 3. The van der Waals surface area contributed by atoms with Gasteiger partial charge >= 0.3 is 35.9 Å². The summed E-state index contributed by atoms with van der Waals surface area (Å²) in [5, 5.41) is 61.8. The molecule has 0 amide bonds. The van der Waals surface area contributed by atoms with Gasteiger partial charge in [0.25, 0.3) is 17.1 Å². The molecular weight excluding hydrogens is 648 g/mol. The predicted molar refractivity (Wildman–Crippen MR) is 153 cm³/mol. The number of aliphatic carboxylic acids is 3. The highest BCUT2D eigenvalue weighted by Crippen LogP contribution is 2.32. The zero-order valence-electron chi connectivity index (χ0n) is 23.7. The van der Waals surface area contributed by atoms with Gasteiger partial charge in [0.1, 0.15) is 17.2 Å². The van der Waals surface area contributed by atoms with E-state index in [9.17, 15) is 44.7 Å². The van der Waals surface area contributed by atoms with Gasteiger partial charge in [0.2, 0.25) is 0 Å². The van der Waals surface area contributed by atoms with Crippen LogP contribution >= 0.6 is 0 Å². The molecule has 0 atom stereocenters. The van der Waals surface area contributed by atoms with Crippen molar-refractivity contribution in [2.75, 3.05) is 0 Å². The largest absolute Gasteiger partial charge is 0.481 e. The molecule has 21 nitrogen and oxygen atoms in total. The third-order valence-electron chi connectivity index (χ3n) is 5.75. The second-order valence-corrected chi connectivity index (χ2v) is 9.48. The average molecular weight is 666 g/mol. The first kappa shape index (κ1) is 33.6. The van der Waals surface area contributed by atoms with Crippen molar-refractivity contribution < 1.29 is 58.7 Å². The molecule has 0 radical (unpaired) electrons. The van der Waals surface area contributed by atoms with E-state index in [2.05, 4.69) is 15.0 Å². The van der Waals surface area contributed by atoms with E-state index >= 15 is 0 Å². The van der Waals surface area contributed by atoms with Crippen LogP contribution in [0.2, 0.25) is 0 Å². The molecule has 0 aliphatic carbocycles. The Morgan fingerprint density at radius 2 is 0.750 bits per heavy atom. The molecule has 0 fully saturated rings. The first-order chi connectivity index (χ1) is 22.6. The lowest BCUT2D eigenvalue weighted by atomic mass is 10.1. The summed E-state index contributed by atoms with van der Waals surface area (Å²) in [5.74, 6) is -4.94. The van der Waals surface area contributed by atoms with E-state index in [-0.39, 0.29) is 33.9 Å². The van der Waals surface area contributed by atoms with E-state index in [4.69, 9.17) is 29.5 Å². The second kappa shape index (κ2) is 14.2. The maximum atomic E-state index is 11.4. The van der Waals surface area contributed by atoms with Crippen LogP contribution in [-0.4, -0.2) is 62.9 Å². The topological polar surface area (TPSA) is 308 Å². The monoisotopic (exact) mass is 666 g/mol. The smallest absolute Gasteiger partial charge is 0.331 e. The second-order valence-electron chi connectivity index (χ2n) is 9.48. The maximum Gasteiger partial charge on any atom is 0.331 e. The van der Waals surface area contributed by atoms with Crippen molar-refractivity contribution in [1.82, 2.24) is 15.0 Å². The number of aromatic nitrogens is 3. The zero-order valence-corrected chi connectivity index (χ0v) is 23.7. The van der Waals surface area contributed by atoms with Crippen molar-refractivity contribution in [1.29, 1.82) is 0 Å². The molecule has 3 N–H and O–H groups in total. The zero-order chi connectivity index (χ0) is 35.1. The summed E-state index contributed by atoms with van der Waals surface area (Å²) in [5.41, 5.74) is -1.81. The number of hydrogen-bond acceptors (Lipinski definition) is 15. The summed E-state index contributed by atoms with van der Waals surface area (Å²) < 4.78 is 16.6. The lowest BCUT2D eigenvalue weighted by Crippen LogP contribution is -2.05. The predicted octanol–water partition coefficient (Wildman–Crippen LogP) is 3.85. The lowest BCUT2D eigenvalue weighted by Gasteiger charge is -2.11. The Bertz CT molecular complexity index is 1750. The van der Waals surface area contributed by atoms with Crippen molar-refractivity contribution in [2.45, 2.75) is 19.3 Å². The number of carboxylic acid groups (broad SMARTS) is 3. The Hall–Kier alpha value is -7.32. The highest BCUT2D eigenvalue weighted by atomic mass is 16.6. The molecule has 0 aliphatic rings. The molecule has 0 spiro atoms. The van der Waals surface area contributed by atoms with E-state index in [1.165, 1.54) is 0 Å². The van der Waals surface area contributed by atoms with Gasteiger partial charge in [-0.1, -0.05) is 0 Å². The molecule has 0 bridgehead atoms. The number of benzene rings is 3. The van der Waals surface area contributed by atoms with Gasteiger partial charge in [-0.2, -0.15) is 0 Å². The molecule has 4 rings (SSSR count). The third kappa shape index (κ3) is 9.34. The molecule has 0 saturated heterocycles. The molecule has 0 aliphatic heterocycles. The SMILES string of the molecule is O=C(O)Cc1cc(Oc2nc(Oc3cc(CC(=O)O)cc([N+](=O)[O-])c3)nc(Oc3cc(CC(=O)O)cc([N+](=O)[O-])c3)n2)cc([N+](=O)[O-])c1. The molecule has 48 heavy (non-hydrogen) atoms. The first-order valence-corrected chi connectivity index (χ1v) is 12.9. The van der Waals surface area contributed by atoms with Gasteiger partial charge in [-0.05, 0) is 34.9 Å². The summed E-state index contributed by atoms with van der Waals surface area (Å²) in [6.45, 7) is 0. The standard InChI is InChI=1S/C27H18N6O15/c34-22(35)7-13-1-16(31(40)41)10-19(4-13)46-25-28-26(47-20-5-14(8-23(36)37)2-17(11-20)32(42)43)30-27(29-25)48-21-6-15(9-24(38)39)3-18(12-21)33(44)45/h1-6,10-12H,7-9H2,(H,34,35)(H,36,37)(H,38,39). The van der Waals surface area contributed by atoms with Gasteiger partial charge in [-0.15, -0.1) is 15.0 Å². The van der Waals surface area contributed by atoms with E-state index in [0.717, 1.165) is 54.6 Å². The van der Waals surface area contributed by atoms with Crippen LogP contribution in [0.15, 0.2) is 54.6 Å². The molecule has 246 valence electrons. The number of non-ortho nitro benzene ring substituents is 3. The minimum absolute atomic E-state index is 0.0428. The van der Waals surface area contributed by atoms with Crippen molar-refractivity contribution in [3.05, 3.63) is 102 Å². The van der Waals surface area contributed by atoms with Gasteiger partial charge in [0.05, 0.1) is 52.2 Å². The summed E-state index contributed by atoms with van der Waals surface area (Å²) in [6, 6.07) is 6.98. The fourth-order valence-electron chi connectivity index (χ4n) is 4.03. The third-order valence-corrected chi connectivity index (χ3v) is 5.75. The first-order valence-electron chi connectivity index (χ1n) is 12.9. The number of rotatable bonds is 15. The van der Waals surface area contributed by atoms with Crippen molar-refractivity contribution in [2.24, 2.45) is 0 Å². The number of ether oxygens (including phenoxy) is 3. The Morgan fingerprint density at radius 1 is 0.500 bits per heavy atom. The molecule has 1 aromatic heterocycles. The quantitative estimate of drug-likeness (QED) is 0.120. The highest BCUT2D eigenvalue weighted by molar-refractivity contribution is 5.72. The number of nitro benzene ring substituents is 3. The van der Waals surface area contributed by atoms with E-state index in [0.29, 0.717) is 0 Å². The maximum absolute atomic E-state index is 11.4. The molecule has 3 aromatic carbocycles. The molecule has 4 aromatic rings. The van der Waals surface area contributed by atoms with Crippen LogP contribution in [0.1, 0.15) is 16.7 Å². The molecule has 21 heteroatoms. The number of nitrogens with zero attached hydrogens (tertiary/aromatic N) is 6. The van der Waals surface area contributed by atoms with Crippen LogP contribution < -0.4 is 14.2 Å². The highest BCUT2D eigenvalue weighted by Gasteiger charge is 2.20. The van der Waals surface area contributed by atoms with Crippen LogP contribution in [0.25, 0.3) is 0 Å². The van der Waals surface area contributed by atoms with Crippen LogP contribution in [-0.2, 0) is 33.6 Å². The van der Waals surface area contributed by atoms with Gasteiger partial charge in [0.15, 0.2) is 0 Å². The van der Waals surface area contributed by atoms with E-state index < -0.39 is 87.0 Å². The fraction of sp³-hybridized carbons (Fsp3) is 0.111. The van der Waals surface area contributed by atoms with E-state index in [1.807, 2.05) is 0 Å². The van der Waals surface area contributed by atoms with Crippen LogP contribution in [0.4, 0.5) is 17.1 Å². The summed E-state index contributed by atoms with van der Waals surface area (Å²) in [4.78, 5) is 77.3. The summed E-state index contributed by atoms with van der Waals surface area (Å²) >= 11 is 0. The summed E-state index contributed by atoms with van der Waals surface area (Å²) in [6.07, 6.45) is -1.89. The minimum atomic E-state index is -1.31. The Balaban J connectivity index is 1.81. The fourth-order valence-corrected chi connectivity index (χ4v) is 4.03. The molecular formula is C27H18N6O15. The normalized spacial score (nSPS) is 10.5. The van der Waals surface area contributed by atoms with Crippen LogP contribution in [0.5, 0.6) is 35.3 Å². The lowest BCUT2D eigenvalue weighted by molar-refractivity contribution is -0.385. The van der Waals surface area contributed by atoms with Gasteiger partial charge in [-0.3, -0.25) is 44.7 Å². The van der Waals surface area contributed by atoms with Crippen molar-refractivity contribution in [3.8, 4) is 35.3 Å². The van der Waals surface area contributed by atoms with Gasteiger partial charge in [-0.25, -0.2) is 0 Å². The molecule has 1 heterocycles. The van der Waals surface area contributed by atoms with Gasteiger partial charge < -0.3 is 29.5 Å². The Morgan fingerprint density at radius 3 is 0.958 bits per heavy atom. The Kier molecular flexibility index (Phi) is 9.92. The average Bonchev–Trinajstić information content (AvgIpc) is 2.95. The number of nitro groups is 3. The van der Waals surface area contributed by atoms with Crippen LogP contribution in [0, 0.1) is 30.3 Å². The minimum Gasteiger partial charge on any atom is -0.481 e. The summed E-state index contributed by atoms with van der Waals surface area (Å²) in [7, 11) is 0. The molecule has 0 unspecified atom stereocenters. The van der Waals surface area contributed by atoms with Crippen molar-refractivity contribution in [3.63, 3.8) is 0 Å². The van der Waals surface area contributed by atoms with Gasteiger partial charge in [0, 0.05) is 18.2 Å². The number of carboxylic acids is 3. The van der Waals surface area contributed by atoms with Crippen LogP contribution in [0.3, 0.4) is 0 Å². The van der Waals surface area contributed by atoms with E-state index in [1.54, 1.807) is 0 Å². The Labute approximate surface area is 265 Å².